The zero-order valence-electron chi connectivity index (χ0n) is 7.61. The SMILES string of the molecule is Clc1ccc2c3ccncc3n(Cl)c2c1. The van der Waals surface area contributed by atoms with Gasteiger partial charge in [-0.25, -0.2) is 0 Å². The number of pyridine rings is 1. The minimum absolute atomic E-state index is 0.681. The van der Waals surface area contributed by atoms with Gasteiger partial charge in [0.1, 0.15) is 0 Å². The molecule has 0 aliphatic rings. The standard InChI is InChI=1S/C11H6Cl2N2/c12-7-1-2-8-9-3-4-14-6-11(9)15(13)10(8)5-7/h1-6H. The lowest BCUT2D eigenvalue weighted by Crippen LogP contribution is -1.79. The summed E-state index contributed by atoms with van der Waals surface area (Å²) >= 11 is 12.1. The van der Waals surface area contributed by atoms with E-state index in [2.05, 4.69) is 4.98 Å². The van der Waals surface area contributed by atoms with Crippen molar-refractivity contribution in [1.82, 2.24) is 9.07 Å². The maximum absolute atomic E-state index is 6.18. The van der Waals surface area contributed by atoms with Crippen LogP contribution >= 0.6 is 23.4 Å². The van der Waals surface area contributed by atoms with Crippen LogP contribution in [0.2, 0.25) is 5.02 Å². The number of benzene rings is 1. The summed E-state index contributed by atoms with van der Waals surface area (Å²) in [6, 6.07) is 7.63. The minimum Gasteiger partial charge on any atom is -0.262 e. The Labute approximate surface area is 96.2 Å². The third-order valence-electron chi connectivity index (χ3n) is 2.47. The molecule has 4 heteroatoms. The predicted octanol–water partition coefficient (Wildman–Crippen LogP) is 3.84. The molecule has 0 saturated heterocycles. The quantitative estimate of drug-likeness (QED) is 0.580. The van der Waals surface area contributed by atoms with Gasteiger partial charge in [-0.1, -0.05) is 17.7 Å². The van der Waals surface area contributed by atoms with E-state index < -0.39 is 0 Å². The van der Waals surface area contributed by atoms with Gasteiger partial charge in [0.15, 0.2) is 0 Å². The second-order valence-corrected chi connectivity index (χ2v) is 4.11. The first-order chi connectivity index (χ1) is 7.27. The third-order valence-corrected chi connectivity index (χ3v) is 3.07. The number of rotatable bonds is 0. The smallest absolute Gasteiger partial charge is 0.0844 e. The minimum atomic E-state index is 0.681. The van der Waals surface area contributed by atoms with Crippen LogP contribution in [0.25, 0.3) is 21.8 Å². The van der Waals surface area contributed by atoms with Crippen molar-refractivity contribution in [2.75, 3.05) is 0 Å². The summed E-state index contributed by atoms with van der Waals surface area (Å²) < 4.78 is 1.59. The van der Waals surface area contributed by atoms with Crippen molar-refractivity contribution >= 4 is 45.2 Å². The number of fused-ring (bicyclic) bond motifs is 3. The molecule has 0 radical (unpaired) electrons. The number of halogens is 2. The number of hydrogen-bond acceptors (Lipinski definition) is 1. The normalized spacial score (nSPS) is 11.3. The van der Waals surface area contributed by atoms with E-state index in [0.29, 0.717) is 5.02 Å². The lowest BCUT2D eigenvalue weighted by atomic mass is 10.2. The van der Waals surface area contributed by atoms with Crippen LogP contribution in [0.15, 0.2) is 36.7 Å². The molecule has 0 atom stereocenters. The molecule has 0 aliphatic heterocycles. The second-order valence-electron chi connectivity index (χ2n) is 3.34. The summed E-state index contributed by atoms with van der Waals surface area (Å²) in [6.07, 6.45) is 3.50. The number of aromatic nitrogens is 2. The van der Waals surface area contributed by atoms with Crippen LogP contribution < -0.4 is 0 Å². The van der Waals surface area contributed by atoms with E-state index in [-0.39, 0.29) is 0 Å². The molecule has 0 amide bonds. The molecule has 0 bridgehead atoms. The molecule has 2 heterocycles. The lowest BCUT2D eigenvalue weighted by Gasteiger charge is -1.93. The Bertz CT molecular complexity index is 658. The Hall–Kier alpha value is -1.25. The average molecular weight is 237 g/mol. The Balaban J connectivity index is 2.63. The summed E-state index contributed by atoms with van der Waals surface area (Å²) in [7, 11) is 0. The van der Waals surface area contributed by atoms with Gasteiger partial charge in [-0.3, -0.25) is 9.07 Å². The van der Waals surface area contributed by atoms with Gasteiger partial charge in [-0.15, -0.1) is 0 Å². The van der Waals surface area contributed by atoms with E-state index in [9.17, 15) is 0 Å². The first kappa shape index (κ1) is 9.01. The van der Waals surface area contributed by atoms with Crippen molar-refractivity contribution < 1.29 is 0 Å². The Morgan fingerprint density at radius 1 is 1.07 bits per heavy atom. The third kappa shape index (κ3) is 1.22. The summed E-state index contributed by atoms with van der Waals surface area (Å²) in [5.41, 5.74) is 1.81. The highest BCUT2D eigenvalue weighted by atomic mass is 35.5. The van der Waals surface area contributed by atoms with Crippen molar-refractivity contribution in [2.24, 2.45) is 0 Å². The highest BCUT2D eigenvalue weighted by molar-refractivity contribution is 6.32. The molecule has 1 aromatic carbocycles. The molecule has 0 saturated carbocycles. The molecule has 3 aromatic rings. The highest BCUT2D eigenvalue weighted by Gasteiger charge is 2.08. The van der Waals surface area contributed by atoms with Crippen LogP contribution in [0.3, 0.4) is 0 Å². The summed E-state index contributed by atoms with van der Waals surface area (Å²) in [4.78, 5) is 4.05. The van der Waals surface area contributed by atoms with E-state index in [1.54, 1.807) is 16.5 Å². The molecule has 2 nitrogen and oxygen atoms in total. The maximum Gasteiger partial charge on any atom is 0.0844 e. The molecule has 3 rings (SSSR count). The Morgan fingerprint density at radius 2 is 1.87 bits per heavy atom. The largest absolute Gasteiger partial charge is 0.262 e. The van der Waals surface area contributed by atoms with Gasteiger partial charge in [-0.2, -0.15) is 0 Å². The first-order valence-electron chi connectivity index (χ1n) is 4.47. The van der Waals surface area contributed by atoms with Gasteiger partial charge in [0.25, 0.3) is 0 Å². The molecule has 2 aromatic heterocycles. The van der Waals surface area contributed by atoms with Gasteiger partial charge in [0, 0.05) is 33.8 Å². The average Bonchev–Trinajstić information content (AvgIpc) is 2.54. The molecule has 0 unspecified atom stereocenters. The van der Waals surface area contributed by atoms with Crippen LogP contribution in [0, 0.1) is 0 Å². The molecular formula is C11H6Cl2N2. The Kier molecular flexibility index (Phi) is 1.87. The van der Waals surface area contributed by atoms with Crippen LogP contribution in [-0.2, 0) is 0 Å². The number of hydrogen-bond donors (Lipinski definition) is 0. The van der Waals surface area contributed by atoms with Crippen molar-refractivity contribution in [1.29, 1.82) is 0 Å². The molecule has 74 valence electrons. The maximum atomic E-state index is 6.18. The monoisotopic (exact) mass is 236 g/mol. The Morgan fingerprint density at radius 3 is 2.73 bits per heavy atom. The lowest BCUT2D eigenvalue weighted by molar-refractivity contribution is 1.31. The molecular weight excluding hydrogens is 231 g/mol. The highest BCUT2D eigenvalue weighted by Crippen LogP contribution is 2.30. The van der Waals surface area contributed by atoms with Crippen molar-refractivity contribution in [3.63, 3.8) is 0 Å². The first-order valence-corrected chi connectivity index (χ1v) is 5.19. The molecule has 0 spiro atoms. The van der Waals surface area contributed by atoms with Crippen LogP contribution in [0.1, 0.15) is 0 Å². The van der Waals surface area contributed by atoms with Crippen LogP contribution in [-0.4, -0.2) is 9.07 Å². The topological polar surface area (TPSA) is 17.8 Å². The van der Waals surface area contributed by atoms with E-state index in [1.807, 2.05) is 24.3 Å². The predicted molar refractivity (Wildman–Crippen MR) is 63.5 cm³/mol. The van der Waals surface area contributed by atoms with E-state index in [0.717, 1.165) is 21.8 Å². The van der Waals surface area contributed by atoms with Crippen LogP contribution in [0.4, 0.5) is 0 Å². The summed E-state index contributed by atoms with van der Waals surface area (Å²) in [5.74, 6) is 0. The molecule has 15 heavy (non-hydrogen) atoms. The van der Waals surface area contributed by atoms with Crippen LogP contribution in [0.5, 0.6) is 0 Å². The van der Waals surface area contributed by atoms with E-state index in [1.165, 1.54) is 0 Å². The van der Waals surface area contributed by atoms with E-state index >= 15 is 0 Å². The van der Waals surface area contributed by atoms with Crippen molar-refractivity contribution in [3.8, 4) is 0 Å². The fourth-order valence-electron chi connectivity index (χ4n) is 1.80. The summed E-state index contributed by atoms with van der Waals surface area (Å²) in [5, 5.41) is 2.86. The van der Waals surface area contributed by atoms with Gasteiger partial charge in [-0.05, 0) is 18.2 Å². The van der Waals surface area contributed by atoms with E-state index in [4.69, 9.17) is 23.4 Å². The fraction of sp³-hybridized carbons (Fsp3) is 0. The molecule has 0 aliphatic carbocycles. The fourth-order valence-corrected chi connectivity index (χ4v) is 2.24. The second kappa shape index (κ2) is 3.12. The summed E-state index contributed by atoms with van der Waals surface area (Å²) in [6.45, 7) is 0. The van der Waals surface area contributed by atoms with Crippen molar-refractivity contribution in [2.45, 2.75) is 0 Å². The van der Waals surface area contributed by atoms with Gasteiger partial charge in [0.2, 0.25) is 0 Å². The number of nitrogens with zero attached hydrogens (tertiary/aromatic N) is 2. The van der Waals surface area contributed by atoms with Gasteiger partial charge >= 0.3 is 0 Å². The zero-order valence-corrected chi connectivity index (χ0v) is 9.13. The van der Waals surface area contributed by atoms with Gasteiger partial charge in [0.05, 0.1) is 17.2 Å². The molecule has 0 N–H and O–H groups in total. The van der Waals surface area contributed by atoms with Crippen molar-refractivity contribution in [3.05, 3.63) is 41.7 Å². The molecule has 0 fully saturated rings. The van der Waals surface area contributed by atoms with Gasteiger partial charge < -0.3 is 0 Å². The zero-order chi connectivity index (χ0) is 10.4.